The lowest BCUT2D eigenvalue weighted by Crippen LogP contribution is -1.90. The molecule has 0 aliphatic rings. The lowest BCUT2D eigenvalue weighted by molar-refractivity contribution is 1.74. The summed E-state index contributed by atoms with van der Waals surface area (Å²) in [5.74, 6) is 0. The van der Waals surface area contributed by atoms with E-state index in [9.17, 15) is 0 Å². The second kappa shape index (κ2) is 9.64. The van der Waals surface area contributed by atoms with Gasteiger partial charge < -0.3 is 0 Å². The molecule has 0 amide bonds. The van der Waals surface area contributed by atoms with Crippen molar-refractivity contribution < 1.29 is 0 Å². The van der Waals surface area contributed by atoms with Crippen LogP contribution in [0.4, 0.5) is 0 Å². The molecular formula is C48H28. The van der Waals surface area contributed by atoms with Crippen molar-refractivity contribution in [3.63, 3.8) is 0 Å². The summed E-state index contributed by atoms with van der Waals surface area (Å²) in [7, 11) is 0. The van der Waals surface area contributed by atoms with Gasteiger partial charge in [-0.2, -0.15) is 0 Å². The second-order valence-corrected chi connectivity index (χ2v) is 13.4. The van der Waals surface area contributed by atoms with Gasteiger partial charge in [0.1, 0.15) is 0 Å². The SMILES string of the molecule is c1ccc2cc3cc4cc5c(-c6cccc7ccc8cc9ccccc9cc8c67)c6cc7ccccc7cc6cc5cc4cc3cc2c1. The summed E-state index contributed by atoms with van der Waals surface area (Å²) < 4.78 is 0. The Labute approximate surface area is 277 Å². The van der Waals surface area contributed by atoms with Gasteiger partial charge in [0.15, 0.2) is 0 Å². The molecule has 0 radical (unpaired) electrons. The second-order valence-electron chi connectivity index (χ2n) is 13.4. The summed E-state index contributed by atoms with van der Waals surface area (Å²) in [6, 6.07) is 63.8. The van der Waals surface area contributed by atoms with Crippen LogP contribution < -0.4 is 0 Å². The van der Waals surface area contributed by atoms with Gasteiger partial charge in [-0.25, -0.2) is 0 Å². The van der Waals surface area contributed by atoms with E-state index in [-0.39, 0.29) is 0 Å². The Morgan fingerprint density at radius 3 is 1.15 bits per heavy atom. The van der Waals surface area contributed by atoms with E-state index in [0.717, 1.165) is 0 Å². The summed E-state index contributed by atoms with van der Waals surface area (Å²) >= 11 is 0. The molecule has 0 saturated heterocycles. The van der Waals surface area contributed by atoms with Gasteiger partial charge in [0.25, 0.3) is 0 Å². The fourth-order valence-electron chi connectivity index (χ4n) is 8.30. The minimum atomic E-state index is 1.26. The summed E-state index contributed by atoms with van der Waals surface area (Å²) in [6.07, 6.45) is 0. The van der Waals surface area contributed by atoms with E-state index in [4.69, 9.17) is 0 Å². The molecule has 0 nitrogen and oxygen atoms in total. The Morgan fingerprint density at radius 2 is 0.562 bits per heavy atom. The van der Waals surface area contributed by atoms with Gasteiger partial charge in [-0.1, -0.05) is 103 Å². The number of fused-ring (bicyclic) bond motifs is 10. The normalized spacial score (nSPS) is 12.2. The van der Waals surface area contributed by atoms with Crippen LogP contribution >= 0.6 is 0 Å². The molecule has 0 bridgehead atoms. The molecule has 0 aliphatic carbocycles. The van der Waals surface area contributed by atoms with Crippen LogP contribution in [0.3, 0.4) is 0 Å². The van der Waals surface area contributed by atoms with Crippen molar-refractivity contribution in [1.82, 2.24) is 0 Å². The molecule has 0 heterocycles. The van der Waals surface area contributed by atoms with E-state index in [1.54, 1.807) is 0 Å². The molecule has 0 aliphatic heterocycles. The van der Waals surface area contributed by atoms with Crippen molar-refractivity contribution in [2.75, 3.05) is 0 Å². The van der Waals surface area contributed by atoms with Crippen LogP contribution in [0.15, 0.2) is 170 Å². The zero-order chi connectivity index (χ0) is 31.3. The highest BCUT2D eigenvalue weighted by atomic mass is 14.2. The predicted molar refractivity (Wildman–Crippen MR) is 209 cm³/mol. The third-order valence-electron chi connectivity index (χ3n) is 10.6. The first kappa shape index (κ1) is 25.9. The highest BCUT2D eigenvalue weighted by Crippen LogP contribution is 2.44. The lowest BCUT2D eigenvalue weighted by atomic mass is 9.85. The van der Waals surface area contributed by atoms with Crippen LogP contribution in [0, 0.1) is 0 Å². The third kappa shape index (κ3) is 3.78. The van der Waals surface area contributed by atoms with Gasteiger partial charge in [-0.3, -0.25) is 0 Å². The molecule has 0 fully saturated rings. The monoisotopic (exact) mass is 604 g/mol. The van der Waals surface area contributed by atoms with Crippen molar-refractivity contribution in [1.29, 1.82) is 0 Å². The summed E-state index contributed by atoms with van der Waals surface area (Å²) in [5, 5.41) is 23.0. The van der Waals surface area contributed by atoms with E-state index < -0.39 is 0 Å². The number of benzene rings is 11. The molecule has 48 heavy (non-hydrogen) atoms. The largest absolute Gasteiger partial charge is 0.0616 e. The Kier molecular flexibility index (Phi) is 5.20. The van der Waals surface area contributed by atoms with Crippen molar-refractivity contribution in [2.45, 2.75) is 0 Å². The molecule has 0 heteroatoms. The molecular weight excluding hydrogens is 577 g/mol. The van der Waals surface area contributed by atoms with Crippen molar-refractivity contribution in [3.05, 3.63) is 170 Å². The van der Waals surface area contributed by atoms with Gasteiger partial charge in [-0.05, 0) is 175 Å². The molecule has 0 atom stereocenters. The highest BCUT2D eigenvalue weighted by molar-refractivity contribution is 6.25. The summed E-state index contributed by atoms with van der Waals surface area (Å²) in [5.41, 5.74) is 2.59. The van der Waals surface area contributed by atoms with E-state index in [0.29, 0.717) is 0 Å². The molecule has 0 saturated carbocycles. The van der Waals surface area contributed by atoms with Crippen LogP contribution in [0.1, 0.15) is 0 Å². The quantitative estimate of drug-likeness (QED) is 0.129. The van der Waals surface area contributed by atoms with E-state index >= 15 is 0 Å². The smallest absolute Gasteiger partial charge is 0.00199 e. The maximum absolute atomic E-state index is 2.45. The Bertz CT molecular complexity index is 3160. The molecule has 11 aromatic carbocycles. The van der Waals surface area contributed by atoms with Crippen LogP contribution in [0.25, 0.3) is 108 Å². The van der Waals surface area contributed by atoms with Crippen LogP contribution in [0.2, 0.25) is 0 Å². The van der Waals surface area contributed by atoms with E-state index in [1.807, 2.05) is 0 Å². The standard InChI is InChI=1S/C48H28/c1-2-10-32-20-38-23-40-28-46-42(24-39(40)22-37(38)19-31(32)9-1)25-41-21-33-11-4-6-13-35(33)27-45(41)48(46)43-15-7-14-29-16-17-36-18-30-8-3-5-12-34(30)26-44(36)47(29)43/h1-28H. The number of hydrogen-bond acceptors (Lipinski definition) is 0. The zero-order valence-electron chi connectivity index (χ0n) is 26.2. The fraction of sp³-hybridized carbons (Fsp3) is 0. The Hall–Kier alpha value is -6.24. The fourth-order valence-corrected chi connectivity index (χ4v) is 8.30. The predicted octanol–water partition coefficient (Wildman–Crippen LogP) is 13.7. The van der Waals surface area contributed by atoms with Gasteiger partial charge >= 0.3 is 0 Å². The van der Waals surface area contributed by atoms with Crippen molar-refractivity contribution >= 4 is 97.0 Å². The molecule has 0 unspecified atom stereocenters. The zero-order valence-corrected chi connectivity index (χ0v) is 26.2. The Balaban J connectivity index is 1.31. The summed E-state index contributed by atoms with van der Waals surface area (Å²) in [6.45, 7) is 0. The first-order valence-electron chi connectivity index (χ1n) is 16.7. The van der Waals surface area contributed by atoms with Crippen LogP contribution in [-0.4, -0.2) is 0 Å². The van der Waals surface area contributed by atoms with Gasteiger partial charge in [0.2, 0.25) is 0 Å². The molecule has 0 N–H and O–H groups in total. The summed E-state index contributed by atoms with van der Waals surface area (Å²) in [4.78, 5) is 0. The minimum absolute atomic E-state index is 1.26. The lowest BCUT2D eigenvalue weighted by Gasteiger charge is -2.18. The maximum atomic E-state index is 2.45. The van der Waals surface area contributed by atoms with Gasteiger partial charge in [0, 0.05) is 0 Å². The maximum Gasteiger partial charge on any atom is -0.00199 e. The van der Waals surface area contributed by atoms with E-state index in [2.05, 4.69) is 170 Å². The van der Waals surface area contributed by atoms with Crippen molar-refractivity contribution in [2.24, 2.45) is 0 Å². The average molecular weight is 605 g/mol. The first-order valence-corrected chi connectivity index (χ1v) is 16.7. The molecule has 11 rings (SSSR count). The van der Waals surface area contributed by atoms with Gasteiger partial charge in [-0.15, -0.1) is 0 Å². The molecule has 0 aromatic heterocycles. The minimum Gasteiger partial charge on any atom is -0.0616 e. The Morgan fingerprint density at radius 1 is 0.208 bits per heavy atom. The van der Waals surface area contributed by atoms with Crippen LogP contribution in [-0.2, 0) is 0 Å². The topological polar surface area (TPSA) is 0 Å². The van der Waals surface area contributed by atoms with E-state index in [1.165, 1.54) is 108 Å². The molecule has 0 spiro atoms. The first-order chi connectivity index (χ1) is 23.7. The number of hydrogen-bond donors (Lipinski definition) is 0. The highest BCUT2D eigenvalue weighted by Gasteiger charge is 2.17. The van der Waals surface area contributed by atoms with Gasteiger partial charge in [0.05, 0.1) is 0 Å². The number of rotatable bonds is 1. The molecule has 11 aromatic rings. The third-order valence-corrected chi connectivity index (χ3v) is 10.6. The van der Waals surface area contributed by atoms with Crippen LogP contribution in [0.5, 0.6) is 0 Å². The molecule has 220 valence electrons. The average Bonchev–Trinajstić information content (AvgIpc) is 3.12. The van der Waals surface area contributed by atoms with Crippen molar-refractivity contribution in [3.8, 4) is 11.1 Å².